The van der Waals surface area contributed by atoms with Crippen LogP contribution in [0.5, 0.6) is 0 Å². The number of aliphatic hydroxyl groups is 1. The second-order valence-corrected chi connectivity index (χ2v) is 7.46. The second kappa shape index (κ2) is 11.7. The normalized spacial score (nSPS) is 25.2. The van der Waals surface area contributed by atoms with Crippen molar-refractivity contribution in [2.75, 3.05) is 6.61 Å². The van der Waals surface area contributed by atoms with Gasteiger partial charge < -0.3 is 28.8 Å². The molecular formula is C24H28O8. The number of carbonyl (C=O) groups is 2. The molecule has 8 nitrogen and oxygen atoms in total. The van der Waals surface area contributed by atoms with Crippen molar-refractivity contribution >= 4 is 11.9 Å². The summed E-state index contributed by atoms with van der Waals surface area (Å²) in [6.07, 6.45) is -5.11. The Labute approximate surface area is 187 Å². The Balaban J connectivity index is 1.81. The minimum atomic E-state index is -1.42. The van der Waals surface area contributed by atoms with Gasteiger partial charge in [0.15, 0.2) is 12.4 Å². The Hall–Kier alpha value is -2.78. The van der Waals surface area contributed by atoms with Crippen molar-refractivity contribution < 1.29 is 38.4 Å². The van der Waals surface area contributed by atoms with Gasteiger partial charge in [0.1, 0.15) is 24.9 Å². The van der Waals surface area contributed by atoms with Crippen LogP contribution >= 0.6 is 0 Å². The molecule has 3 rings (SSSR count). The third-order valence-electron chi connectivity index (χ3n) is 4.93. The monoisotopic (exact) mass is 444 g/mol. The van der Waals surface area contributed by atoms with Crippen LogP contribution in [0.4, 0.5) is 0 Å². The number of aliphatic hydroxyl groups excluding tert-OH is 1. The van der Waals surface area contributed by atoms with Crippen molar-refractivity contribution in [1.82, 2.24) is 0 Å². The van der Waals surface area contributed by atoms with Gasteiger partial charge in [-0.2, -0.15) is 0 Å². The maximum Gasteiger partial charge on any atom is 0.303 e. The molecule has 1 saturated heterocycles. The summed E-state index contributed by atoms with van der Waals surface area (Å²) in [5, 5.41) is 10.6. The zero-order valence-corrected chi connectivity index (χ0v) is 18.1. The van der Waals surface area contributed by atoms with Crippen molar-refractivity contribution in [3.63, 3.8) is 0 Å². The van der Waals surface area contributed by atoms with Crippen molar-refractivity contribution in [2.24, 2.45) is 0 Å². The average molecular weight is 444 g/mol. The van der Waals surface area contributed by atoms with E-state index in [1.165, 1.54) is 13.8 Å². The van der Waals surface area contributed by atoms with Gasteiger partial charge in [0, 0.05) is 13.8 Å². The minimum absolute atomic E-state index is 0.170. The summed E-state index contributed by atoms with van der Waals surface area (Å²) >= 11 is 0. The molecule has 5 atom stereocenters. The zero-order valence-electron chi connectivity index (χ0n) is 18.1. The maximum atomic E-state index is 11.9. The summed E-state index contributed by atoms with van der Waals surface area (Å²) in [4.78, 5) is 23.2. The molecule has 1 N–H and O–H groups in total. The molecule has 32 heavy (non-hydrogen) atoms. The lowest BCUT2D eigenvalue weighted by atomic mass is 9.98. The van der Waals surface area contributed by atoms with Crippen molar-refractivity contribution in [2.45, 2.75) is 57.8 Å². The number of hydrogen-bond acceptors (Lipinski definition) is 8. The third kappa shape index (κ3) is 6.86. The first kappa shape index (κ1) is 23.9. The quantitative estimate of drug-likeness (QED) is 0.589. The number of esters is 2. The van der Waals surface area contributed by atoms with E-state index in [1.807, 2.05) is 60.7 Å². The fraction of sp³-hybridized carbons (Fsp3) is 0.417. The van der Waals surface area contributed by atoms with Gasteiger partial charge in [0.05, 0.1) is 13.2 Å². The van der Waals surface area contributed by atoms with Crippen molar-refractivity contribution in [3.8, 4) is 0 Å². The smallest absolute Gasteiger partial charge is 0.303 e. The summed E-state index contributed by atoms with van der Waals surface area (Å²) < 4.78 is 28.3. The van der Waals surface area contributed by atoms with Crippen LogP contribution in [-0.2, 0) is 46.5 Å². The van der Waals surface area contributed by atoms with Crippen molar-refractivity contribution in [1.29, 1.82) is 0 Å². The molecule has 1 heterocycles. The summed E-state index contributed by atoms with van der Waals surface area (Å²) in [7, 11) is 0. The molecule has 1 aliphatic heterocycles. The van der Waals surface area contributed by atoms with E-state index in [4.69, 9.17) is 23.7 Å². The molecule has 0 spiro atoms. The molecule has 1 aliphatic rings. The first-order valence-electron chi connectivity index (χ1n) is 10.4. The van der Waals surface area contributed by atoms with Gasteiger partial charge in [-0.05, 0) is 11.1 Å². The molecule has 8 heteroatoms. The van der Waals surface area contributed by atoms with Crippen LogP contribution in [0.25, 0.3) is 0 Å². The number of hydrogen-bond donors (Lipinski definition) is 1. The van der Waals surface area contributed by atoms with E-state index < -0.39 is 42.6 Å². The van der Waals surface area contributed by atoms with Gasteiger partial charge in [-0.15, -0.1) is 0 Å². The molecule has 0 amide bonds. The Morgan fingerprint density at radius 2 is 1.34 bits per heavy atom. The molecule has 3 unspecified atom stereocenters. The molecule has 1 fully saturated rings. The topological polar surface area (TPSA) is 101 Å². The predicted octanol–water partition coefficient (Wildman–Crippen LogP) is 2.37. The van der Waals surface area contributed by atoms with Crippen LogP contribution in [0.1, 0.15) is 25.0 Å². The molecule has 172 valence electrons. The number of ether oxygens (including phenoxy) is 5. The Bertz CT molecular complexity index is 857. The van der Waals surface area contributed by atoms with Gasteiger partial charge in [-0.1, -0.05) is 60.7 Å². The van der Waals surface area contributed by atoms with E-state index in [-0.39, 0.29) is 19.8 Å². The average Bonchev–Trinajstić information content (AvgIpc) is 2.77. The van der Waals surface area contributed by atoms with Crippen molar-refractivity contribution in [3.05, 3.63) is 71.8 Å². The van der Waals surface area contributed by atoms with Crippen LogP contribution in [0, 0.1) is 0 Å². The first-order valence-corrected chi connectivity index (χ1v) is 10.4. The van der Waals surface area contributed by atoms with Crippen LogP contribution in [0.3, 0.4) is 0 Å². The largest absolute Gasteiger partial charge is 0.463 e. The number of rotatable bonds is 9. The maximum absolute atomic E-state index is 11.9. The third-order valence-corrected chi connectivity index (χ3v) is 4.93. The standard InChI is InChI=1S/C24H28O8/c1-16(25)28-15-20-21(29-13-18-9-5-3-6-10-18)22(31-17(2)26)23(24(27)32-20)30-14-19-11-7-4-8-12-19/h3-12,20-24,27H,13-15H2,1-2H3/t20?,21-,22?,23?,24+/m1/s1. The zero-order chi connectivity index (χ0) is 22.9. The van der Waals surface area contributed by atoms with Gasteiger partial charge in [-0.3, -0.25) is 9.59 Å². The minimum Gasteiger partial charge on any atom is -0.463 e. The molecule has 0 aromatic heterocycles. The molecule has 2 aromatic carbocycles. The fourth-order valence-corrected chi connectivity index (χ4v) is 3.47. The number of carbonyl (C=O) groups excluding carboxylic acids is 2. The Morgan fingerprint density at radius 1 is 0.812 bits per heavy atom. The van der Waals surface area contributed by atoms with Crippen LogP contribution < -0.4 is 0 Å². The second-order valence-electron chi connectivity index (χ2n) is 7.46. The summed E-state index contributed by atoms with van der Waals surface area (Å²) in [5.41, 5.74) is 1.78. The number of benzene rings is 2. The van der Waals surface area contributed by atoms with Crippen LogP contribution in [-0.4, -0.2) is 54.4 Å². The van der Waals surface area contributed by atoms with E-state index in [9.17, 15) is 14.7 Å². The lowest BCUT2D eigenvalue weighted by molar-refractivity contribution is -0.309. The van der Waals surface area contributed by atoms with Gasteiger partial charge in [0.2, 0.25) is 0 Å². The lowest BCUT2D eigenvalue weighted by Gasteiger charge is -2.43. The van der Waals surface area contributed by atoms with E-state index in [0.29, 0.717) is 0 Å². The van der Waals surface area contributed by atoms with E-state index >= 15 is 0 Å². The molecular weight excluding hydrogens is 416 g/mol. The van der Waals surface area contributed by atoms with Gasteiger partial charge in [0.25, 0.3) is 0 Å². The van der Waals surface area contributed by atoms with Gasteiger partial charge >= 0.3 is 11.9 Å². The summed E-state index contributed by atoms with van der Waals surface area (Å²) in [6, 6.07) is 18.8. The first-order chi connectivity index (χ1) is 15.4. The molecule has 0 aliphatic carbocycles. The highest BCUT2D eigenvalue weighted by molar-refractivity contribution is 5.66. The van der Waals surface area contributed by atoms with Crippen LogP contribution in [0.2, 0.25) is 0 Å². The van der Waals surface area contributed by atoms with Gasteiger partial charge in [-0.25, -0.2) is 0 Å². The summed E-state index contributed by atoms with van der Waals surface area (Å²) in [6.45, 7) is 2.74. The molecule has 0 radical (unpaired) electrons. The highest BCUT2D eigenvalue weighted by Crippen LogP contribution is 2.29. The SMILES string of the molecule is CC(=O)OCC1O[C@H](O)C(OCc2ccccc2)C(OC(C)=O)[C@@H]1OCc1ccccc1. The Morgan fingerprint density at radius 3 is 1.84 bits per heavy atom. The fourth-order valence-electron chi connectivity index (χ4n) is 3.47. The highest BCUT2D eigenvalue weighted by Gasteiger charge is 2.49. The van der Waals surface area contributed by atoms with Crippen LogP contribution in [0.15, 0.2) is 60.7 Å². The summed E-state index contributed by atoms with van der Waals surface area (Å²) in [5.74, 6) is -1.06. The molecule has 2 aromatic rings. The predicted molar refractivity (Wildman–Crippen MR) is 113 cm³/mol. The Kier molecular flexibility index (Phi) is 8.75. The van der Waals surface area contributed by atoms with E-state index in [1.54, 1.807) is 0 Å². The lowest BCUT2D eigenvalue weighted by Crippen LogP contribution is -2.61. The van der Waals surface area contributed by atoms with E-state index in [2.05, 4.69) is 0 Å². The molecule has 0 saturated carbocycles. The molecule has 0 bridgehead atoms. The highest BCUT2D eigenvalue weighted by atomic mass is 16.7. The van der Waals surface area contributed by atoms with E-state index in [0.717, 1.165) is 11.1 Å².